The topological polar surface area (TPSA) is 41.8 Å². The van der Waals surface area contributed by atoms with Gasteiger partial charge in [-0.2, -0.15) is 0 Å². The number of hydrogen-bond acceptors (Lipinski definition) is 3. The molecule has 1 aromatic carbocycles. The number of allylic oxidation sites excluding steroid dienone is 4. The van der Waals surface area contributed by atoms with Crippen LogP contribution < -0.4 is 0 Å². The van der Waals surface area contributed by atoms with E-state index < -0.39 is 0 Å². The van der Waals surface area contributed by atoms with Crippen LogP contribution in [0.1, 0.15) is 11.1 Å². The zero-order valence-electron chi connectivity index (χ0n) is 9.13. The molecule has 1 aromatic rings. The summed E-state index contributed by atoms with van der Waals surface area (Å²) in [6.07, 6.45) is 7.45. The van der Waals surface area contributed by atoms with Gasteiger partial charge in [-0.15, -0.1) is 0 Å². The summed E-state index contributed by atoms with van der Waals surface area (Å²) in [6.45, 7) is 0.536. The van der Waals surface area contributed by atoms with E-state index in [1.807, 2.05) is 42.5 Å². The molecule has 0 aromatic heterocycles. The van der Waals surface area contributed by atoms with Crippen molar-refractivity contribution < 1.29 is 9.94 Å². The fourth-order valence-electron chi connectivity index (χ4n) is 2.01. The lowest BCUT2D eigenvalue weighted by molar-refractivity contribution is 0.210. The van der Waals surface area contributed by atoms with Gasteiger partial charge in [0.05, 0.1) is 0 Å². The molecule has 0 bridgehead atoms. The van der Waals surface area contributed by atoms with Crippen LogP contribution in [0.5, 0.6) is 0 Å². The second kappa shape index (κ2) is 3.94. The molecule has 1 heterocycles. The Labute approximate surface area is 99.0 Å². The fraction of sp³-hybridized carbons (Fsp3) is 0.0714. The molecule has 0 unspecified atom stereocenters. The Morgan fingerprint density at radius 3 is 3.00 bits per heavy atom. The number of benzene rings is 1. The lowest BCUT2D eigenvalue weighted by Gasteiger charge is -2.12. The first-order valence-electron chi connectivity index (χ1n) is 5.42. The Balaban J connectivity index is 2.17. The van der Waals surface area contributed by atoms with E-state index in [1.54, 1.807) is 6.08 Å². The van der Waals surface area contributed by atoms with Gasteiger partial charge in [0, 0.05) is 5.57 Å². The van der Waals surface area contributed by atoms with Crippen LogP contribution in [0.15, 0.2) is 59.0 Å². The van der Waals surface area contributed by atoms with Gasteiger partial charge in [-0.25, -0.2) is 0 Å². The quantitative estimate of drug-likeness (QED) is 0.545. The molecular weight excluding hydrogens is 214 g/mol. The zero-order chi connectivity index (χ0) is 11.7. The summed E-state index contributed by atoms with van der Waals surface area (Å²) in [7, 11) is 0. The van der Waals surface area contributed by atoms with Gasteiger partial charge in [-0.05, 0) is 29.4 Å². The Hall–Kier alpha value is -2.29. The highest BCUT2D eigenvalue weighted by Gasteiger charge is 2.19. The summed E-state index contributed by atoms with van der Waals surface area (Å²) in [6, 6.07) is 8.04. The molecule has 3 heteroatoms. The molecule has 0 spiro atoms. The third-order valence-corrected chi connectivity index (χ3v) is 2.89. The van der Waals surface area contributed by atoms with Gasteiger partial charge in [0.1, 0.15) is 18.1 Å². The van der Waals surface area contributed by atoms with Gasteiger partial charge < -0.3 is 9.94 Å². The maximum atomic E-state index is 8.98. The number of ether oxygens (including phenoxy) is 1. The highest BCUT2D eigenvalue weighted by molar-refractivity contribution is 6.14. The van der Waals surface area contributed by atoms with Crippen molar-refractivity contribution in [2.75, 3.05) is 0 Å². The SMILES string of the molecule is ON=C1C=CC=C2OCc3ccccc3C=C21. The van der Waals surface area contributed by atoms with Crippen LogP contribution >= 0.6 is 0 Å². The predicted molar refractivity (Wildman–Crippen MR) is 65.7 cm³/mol. The number of nitrogens with zero attached hydrogens (tertiary/aromatic N) is 1. The molecule has 2 aliphatic rings. The molecule has 1 aliphatic heterocycles. The van der Waals surface area contributed by atoms with Gasteiger partial charge in [-0.3, -0.25) is 0 Å². The summed E-state index contributed by atoms with van der Waals surface area (Å²) < 4.78 is 5.72. The maximum Gasteiger partial charge on any atom is 0.129 e. The van der Waals surface area contributed by atoms with Crippen LogP contribution in [0.4, 0.5) is 0 Å². The van der Waals surface area contributed by atoms with Crippen molar-refractivity contribution >= 4 is 11.8 Å². The summed E-state index contributed by atoms with van der Waals surface area (Å²) in [5, 5.41) is 12.3. The number of fused-ring (bicyclic) bond motifs is 2. The molecule has 0 saturated carbocycles. The van der Waals surface area contributed by atoms with Crippen LogP contribution in [0.2, 0.25) is 0 Å². The minimum absolute atomic E-state index is 0.527. The van der Waals surface area contributed by atoms with E-state index in [4.69, 9.17) is 9.94 Å². The standard InChI is InChI=1S/C14H11NO2/c16-15-13-6-3-7-14-12(13)8-10-4-1-2-5-11(10)9-17-14/h1-8,16H,9H2. The molecule has 1 N–H and O–H groups in total. The lowest BCUT2D eigenvalue weighted by atomic mass is 9.99. The molecule has 0 amide bonds. The van der Waals surface area contributed by atoms with Crippen molar-refractivity contribution in [3.8, 4) is 0 Å². The van der Waals surface area contributed by atoms with Crippen LogP contribution in [0.25, 0.3) is 6.08 Å². The Morgan fingerprint density at radius 2 is 2.12 bits per heavy atom. The smallest absolute Gasteiger partial charge is 0.129 e. The molecule has 17 heavy (non-hydrogen) atoms. The van der Waals surface area contributed by atoms with Gasteiger partial charge in [0.25, 0.3) is 0 Å². The van der Waals surface area contributed by atoms with E-state index in [2.05, 4.69) is 5.16 Å². The van der Waals surface area contributed by atoms with Crippen LogP contribution in [-0.4, -0.2) is 10.9 Å². The van der Waals surface area contributed by atoms with Crippen molar-refractivity contribution in [3.63, 3.8) is 0 Å². The minimum atomic E-state index is 0.527. The molecule has 0 atom stereocenters. The van der Waals surface area contributed by atoms with Crippen molar-refractivity contribution in [1.29, 1.82) is 0 Å². The molecular formula is C14H11NO2. The second-order valence-electron chi connectivity index (χ2n) is 3.92. The molecule has 0 radical (unpaired) electrons. The van der Waals surface area contributed by atoms with E-state index in [9.17, 15) is 0 Å². The molecule has 3 rings (SSSR count). The van der Waals surface area contributed by atoms with Crippen molar-refractivity contribution in [2.45, 2.75) is 6.61 Å². The average molecular weight is 225 g/mol. The van der Waals surface area contributed by atoms with Crippen LogP contribution in [0, 0.1) is 0 Å². The fourth-order valence-corrected chi connectivity index (χ4v) is 2.01. The minimum Gasteiger partial charge on any atom is -0.488 e. The maximum absolute atomic E-state index is 8.98. The highest BCUT2D eigenvalue weighted by atomic mass is 16.5. The Kier molecular flexibility index (Phi) is 2.29. The summed E-state index contributed by atoms with van der Waals surface area (Å²) in [5.41, 5.74) is 3.58. The van der Waals surface area contributed by atoms with E-state index >= 15 is 0 Å². The predicted octanol–water partition coefficient (Wildman–Crippen LogP) is 2.88. The molecule has 84 valence electrons. The van der Waals surface area contributed by atoms with Gasteiger partial charge in [0.2, 0.25) is 0 Å². The Bertz CT molecular complexity index is 580. The first-order chi connectivity index (χ1) is 8.38. The van der Waals surface area contributed by atoms with Gasteiger partial charge in [0.15, 0.2) is 0 Å². The van der Waals surface area contributed by atoms with Crippen LogP contribution in [-0.2, 0) is 11.3 Å². The van der Waals surface area contributed by atoms with E-state index in [0.717, 1.165) is 22.5 Å². The molecule has 0 saturated heterocycles. The van der Waals surface area contributed by atoms with Gasteiger partial charge >= 0.3 is 0 Å². The molecule has 3 nitrogen and oxygen atoms in total. The Morgan fingerprint density at radius 1 is 1.24 bits per heavy atom. The zero-order valence-corrected chi connectivity index (χ0v) is 9.13. The number of oxime groups is 1. The largest absolute Gasteiger partial charge is 0.488 e. The van der Waals surface area contributed by atoms with E-state index in [-0.39, 0.29) is 0 Å². The van der Waals surface area contributed by atoms with Crippen molar-refractivity contribution in [2.24, 2.45) is 5.16 Å². The van der Waals surface area contributed by atoms with Crippen molar-refractivity contribution in [1.82, 2.24) is 0 Å². The lowest BCUT2D eigenvalue weighted by Crippen LogP contribution is -2.07. The third kappa shape index (κ3) is 1.65. The van der Waals surface area contributed by atoms with Crippen molar-refractivity contribution in [3.05, 3.63) is 65.0 Å². The first-order valence-corrected chi connectivity index (χ1v) is 5.42. The molecule has 0 fully saturated rings. The normalized spacial score (nSPS) is 19.6. The first kappa shape index (κ1) is 9.90. The monoisotopic (exact) mass is 225 g/mol. The van der Waals surface area contributed by atoms with Gasteiger partial charge in [-0.1, -0.05) is 35.5 Å². The van der Waals surface area contributed by atoms with Crippen LogP contribution in [0.3, 0.4) is 0 Å². The summed E-state index contributed by atoms with van der Waals surface area (Å²) in [5.74, 6) is 0.747. The number of hydrogen-bond donors (Lipinski definition) is 1. The highest BCUT2D eigenvalue weighted by Crippen LogP contribution is 2.28. The second-order valence-corrected chi connectivity index (χ2v) is 3.92. The van der Waals surface area contributed by atoms with E-state index in [0.29, 0.717) is 12.3 Å². The number of rotatable bonds is 0. The summed E-state index contributed by atoms with van der Waals surface area (Å²) >= 11 is 0. The average Bonchev–Trinajstić information content (AvgIpc) is 2.57. The molecule has 1 aliphatic carbocycles. The van der Waals surface area contributed by atoms with E-state index in [1.165, 1.54) is 0 Å². The summed E-state index contributed by atoms with van der Waals surface area (Å²) in [4.78, 5) is 0. The third-order valence-electron chi connectivity index (χ3n) is 2.89.